The lowest BCUT2D eigenvalue weighted by Crippen LogP contribution is -2.02. The van der Waals surface area contributed by atoms with Crippen molar-refractivity contribution in [2.24, 2.45) is 0 Å². The van der Waals surface area contributed by atoms with Gasteiger partial charge in [-0.3, -0.25) is 4.57 Å². The van der Waals surface area contributed by atoms with Gasteiger partial charge in [-0.25, -0.2) is 9.78 Å². The molecule has 152 valence electrons. The normalized spacial score (nSPS) is 11.0. The Bertz CT molecular complexity index is 1240. The summed E-state index contributed by atoms with van der Waals surface area (Å²) >= 11 is 15.4. The van der Waals surface area contributed by atoms with Crippen LogP contribution in [0.5, 0.6) is 0 Å². The second-order valence-electron chi connectivity index (χ2n) is 6.27. The minimum atomic E-state index is -1.04. The first-order valence-electron chi connectivity index (χ1n) is 8.71. The van der Waals surface area contributed by atoms with Gasteiger partial charge in [0, 0.05) is 16.0 Å². The highest BCUT2D eigenvalue weighted by atomic mass is 35.5. The number of nitrogens with zero attached hydrogens (tertiary/aromatic N) is 4. The number of carboxylic acid groups (broad SMARTS) is 1. The number of rotatable bonds is 6. The summed E-state index contributed by atoms with van der Waals surface area (Å²) < 4.78 is 1.92. The Balaban J connectivity index is 1.78. The van der Waals surface area contributed by atoms with Crippen molar-refractivity contribution in [3.63, 3.8) is 0 Å². The van der Waals surface area contributed by atoms with Crippen LogP contribution in [0.25, 0.3) is 17.1 Å². The van der Waals surface area contributed by atoms with Crippen molar-refractivity contribution in [1.82, 2.24) is 19.7 Å². The van der Waals surface area contributed by atoms with Gasteiger partial charge in [-0.2, -0.15) is 0 Å². The van der Waals surface area contributed by atoms with Crippen LogP contribution in [0.2, 0.25) is 10.0 Å². The number of carbonyl (C=O) groups is 1. The van der Waals surface area contributed by atoms with Crippen LogP contribution < -0.4 is 0 Å². The van der Waals surface area contributed by atoms with Crippen molar-refractivity contribution in [2.45, 2.75) is 17.8 Å². The van der Waals surface area contributed by atoms with E-state index < -0.39 is 5.97 Å². The van der Waals surface area contributed by atoms with E-state index in [1.54, 1.807) is 6.07 Å². The van der Waals surface area contributed by atoms with Gasteiger partial charge >= 0.3 is 5.97 Å². The Kier molecular flexibility index (Phi) is 6.10. The molecule has 2 aromatic carbocycles. The molecule has 0 spiro atoms. The molecule has 0 fully saturated rings. The maximum Gasteiger partial charge on any atom is 0.355 e. The van der Waals surface area contributed by atoms with Gasteiger partial charge in [0.1, 0.15) is 5.01 Å². The van der Waals surface area contributed by atoms with Crippen LogP contribution in [-0.2, 0) is 5.75 Å². The zero-order valence-corrected chi connectivity index (χ0v) is 18.7. The van der Waals surface area contributed by atoms with E-state index in [0.29, 0.717) is 31.8 Å². The highest BCUT2D eigenvalue weighted by molar-refractivity contribution is 7.98. The number of aromatic carboxylic acids is 1. The van der Waals surface area contributed by atoms with Crippen LogP contribution in [-0.4, -0.2) is 30.8 Å². The number of thiazole rings is 1. The number of hydrogen-bond acceptors (Lipinski definition) is 6. The fraction of sp³-hybridized carbons (Fsp3) is 0.100. The number of hydrogen-bond donors (Lipinski definition) is 1. The van der Waals surface area contributed by atoms with Crippen molar-refractivity contribution >= 4 is 52.3 Å². The van der Waals surface area contributed by atoms with Gasteiger partial charge < -0.3 is 5.11 Å². The van der Waals surface area contributed by atoms with Crippen molar-refractivity contribution in [1.29, 1.82) is 0 Å². The largest absolute Gasteiger partial charge is 0.476 e. The molecule has 0 aliphatic carbocycles. The molecule has 2 heterocycles. The molecule has 6 nitrogen and oxygen atoms in total. The number of aromatic nitrogens is 4. The zero-order valence-electron chi connectivity index (χ0n) is 15.5. The standard InChI is InChI=1S/C20H14Cl2N4O2S2/c1-11-6-7-12(21)8-16(11)26-18(13-4-2-3-5-14(13)22)24-25-20(26)30-10-17-23-15(9-29-17)19(27)28/h2-9H,10H2,1H3,(H,27,28). The second kappa shape index (κ2) is 8.77. The lowest BCUT2D eigenvalue weighted by atomic mass is 10.1. The third kappa shape index (κ3) is 4.22. The third-order valence-corrected chi connectivity index (χ3v) is 6.79. The van der Waals surface area contributed by atoms with Crippen molar-refractivity contribution in [3.8, 4) is 17.1 Å². The van der Waals surface area contributed by atoms with Gasteiger partial charge in [-0.15, -0.1) is 21.5 Å². The molecule has 2 aromatic heterocycles. The molecule has 0 amide bonds. The van der Waals surface area contributed by atoms with Gasteiger partial charge in [0.25, 0.3) is 0 Å². The van der Waals surface area contributed by atoms with E-state index in [1.165, 1.54) is 28.5 Å². The Morgan fingerprint density at radius 3 is 2.73 bits per heavy atom. The minimum Gasteiger partial charge on any atom is -0.476 e. The number of carboxylic acids is 1. The Labute approximate surface area is 190 Å². The van der Waals surface area contributed by atoms with Crippen LogP contribution in [0.1, 0.15) is 21.1 Å². The number of aryl methyl sites for hydroxylation is 1. The molecule has 4 aromatic rings. The first kappa shape index (κ1) is 20.9. The lowest BCUT2D eigenvalue weighted by molar-refractivity contribution is 0.0691. The van der Waals surface area contributed by atoms with E-state index in [-0.39, 0.29) is 5.69 Å². The number of halogens is 2. The Morgan fingerprint density at radius 2 is 2.00 bits per heavy atom. The summed E-state index contributed by atoms with van der Waals surface area (Å²) in [7, 11) is 0. The molecule has 30 heavy (non-hydrogen) atoms. The molecule has 0 saturated heterocycles. The van der Waals surface area contributed by atoms with Gasteiger partial charge in [0.05, 0.1) is 16.5 Å². The summed E-state index contributed by atoms with van der Waals surface area (Å²) in [6.07, 6.45) is 0. The smallest absolute Gasteiger partial charge is 0.355 e. The zero-order chi connectivity index (χ0) is 21.3. The quantitative estimate of drug-likeness (QED) is 0.343. The van der Waals surface area contributed by atoms with Gasteiger partial charge in [0.2, 0.25) is 0 Å². The molecule has 0 atom stereocenters. The monoisotopic (exact) mass is 476 g/mol. The molecule has 0 saturated carbocycles. The van der Waals surface area contributed by atoms with Crippen LogP contribution in [0.3, 0.4) is 0 Å². The van der Waals surface area contributed by atoms with E-state index in [2.05, 4.69) is 15.2 Å². The van der Waals surface area contributed by atoms with E-state index >= 15 is 0 Å². The summed E-state index contributed by atoms with van der Waals surface area (Å²) in [6, 6.07) is 13.1. The molecule has 4 rings (SSSR count). The first-order chi connectivity index (χ1) is 14.4. The van der Waals surface area contributed by atoms with Crippen molar-refractivity contribution < 1.29 is 9.90 Å². The third-order valence-electron chi connectivity index (χ3n) is 4.26. The molecule has 10 heteroatoms. The minimum absolute atomic E-state index is 0.0412. The average Bonchev–Trinajstić information content (AvgIpc) is 3.36. The van der Waals surface area contributed by atoms with Crippen LogP contribution in [0, 0.1) is 6.92 Å². The van der Waals surface area contributed by atoms with Gasteiger partial charge in [0.15, 0.2) is 16.7 Å². The molecule has 0 aliphatic rings. The Morgan fingerprint density at radius 1 is 1.20 bits per heavy atom. The highest BCUT2D eigenvalue weighted by Gasteiger charge is 2.20. The summed E-state index contributed by atoms with van der Waals surface area (Å²) in [5.41, 5.74) is 2.63. The topological polar surface area (TPSA) is 80.9 Å². The predicted molar refractivity (Wildman–Crippen MR) is 120 cm³/mol. The number of benzene rings is 2. The summed E-state index contributed by atoms with van der Waals surface area (Å²) in [5.74, 6) is 0.0122. The molecule has 0 radical (unpaired) electrons. The van der Waals surface area contributed by atoms with E-state index in [1.807, 2.05) is 47.9 Å². The van der Waals surface area contributed by atoms with Gasteiger partial charge in [-0.1, -0.05) is 53.2 Å². The Hall–Kier alpha value is -2.39. The summed E-state index contributed by atoms with van der Waals surface area (Å²) in [5, 5.41) is 21.8. The van der Waals surface area contributed by atoms with Crippen LogP contribution in [0.15, 0.2) is 53.0 Å². The molecule has 0 bridgehead atoms. The molecular formula is C20H14Cl2N4O2S2. The molecule has 1 N–H and O–H groups in total. The number of thioether (sulfide) groups is 1. The van der Waals surface area contributed by atoms with E-state index in [9.17, 15) is 4.79 Å². The van der Waals surface area contributed by atoms with Gasteiger partial charge in [-0.05, 0) is 36.8 Å². The van der Waals surface area contributed by atoms with E-state index in [0.717, 1.165) is 16.8 Å². The fourth-order valence-corrected chi connectivity index (χ4v) is 4.94. The average molecular weight is 477 g/mol. The lowest BCUT2D eigenvalue weighted by Gasteiger charge is -2.14. The predicted octanol–water partition coefficient (Wildman–Crippen LogP) is 6.00. The first-order valence-corrected chi connectivity index (χ1v) is 11.3. The van der Waals surface area contributed by atoms with Crippen LogP contribution >= 0.6 is 46.3 Å². The fourth-order valence-electron chi connectivity index (χ4n) is 2.82. The molecular weight excluding hydrogens is 463 g/mol. The van der Waals surface area contributed by atoms with E-state index in [4.69, 9.17) is 28.3 Å². The van der Waals surface area contributed by atoms with Crippen molar-refractivity contribution in [3.05, 3.63) is 74.2 Å². The summed E-state index contributed by atoms with van der Waals surface area (Å²) in [6.45, 7) is 1.98. The molecule has 0 aliphatic heterocycles. The van der Waals surface area contributed by atoms with Crippen LogP contribution in [0.4, 0.5) is 0 Å². The molecule has 0 unspecified atom stereocenters. The SMILES string of the molecule is Cc1ccc(Cl)cc1-n1c(SCc2nc(C(=O)O)cs2)nnc1-c1ccccc1Cl. The second-order valence-corrected chi connectivity index (χ2v) is 9.00. The maximum absolute atomic E-state index is 11.1. The maximum atomic E-state index is 11.1. The van der Waals surface area contributed by atoms with Crippen molar-refractivity contribution in [2.75, 3.05) is 0 Å². The highest BCUT2D eigenvalue weighted by Crippen LogP contribution is 2.34. The summed E-state index contributed by atoms with van der Waals surface area (Å²) in [4.78, 5) is 15.2.